The second-order valence-corrected chi connectivity index (χ2v) is 2.95. The van der Waals surface area contributed by atoms with Gasteiger partial charge in [-0.1, -0.05) is 5.16 Å². The molecule has 0 amide bonds. The third-order valence-corrected chi connectivity index (χ3v) is 1.56. The van der Waals surface area contributed by atoms with Crippen molar-refractivity contribution in [3.63, 3.8) is 0 Å². The Bertz CT molecular complexity index is 209. The smallest absolute Gasteiger partial charge is 0.323 e. The minimum absolute atomic E-state index is 0.567. The molecule has 68 valence electrons. The number of hydrogen-bond acceptors (Lipinski definition) is 5. The third kappa shape index (κ3) is 2.50. The Labute approximate surface area is 72.0 Å². The fourth-order valence-electron chi connectivity index (χ4n) is 0.781. The molecule has 5 heteroatoms. The highest BCUT2D eigenvalue weighted by atomic mass is 16.5. The lowest BCUT2D eigenvalue weighted by Gasteiger charge is -2.16. The summed E-state index contributed by atoms with van der Waals surface area (Å²) in [5.41, 5.74) is 0. The Morgan fingerprint density at radius 2 is 2.08 bits per heavy atom. The van der Waals surface area contributed by atoms with E-state index >= 15 is 0 Å². The Kier molecular flexibility index (Phi) is 3.04. The van der Waals surface area contributed by atoms with Gasteiger partial charge in [-0.05, 0) is 14.1 Å². The number of anilines is 1. The SMILES string of the molecule is CN(C)CCN(C)c1ncno1. The lowest BCUT2D eigenvalue weighted by molar-refractivity contribution is 0.391. The Hall–Kier alpha value is -1.10. The van der Waals surface area contributed by atoms with E-state index in [-0.39, 0.29) is 0 Å². The molecular formula is C7H14N4O. The topological polar surface area (TPSA) is 45.4 Å². The molecule has 12 heavy (non-hydrogen) atoms. The number of rotatable bonds is 4. The second kappa shape index (κ2) is 4.06. The molecule has 0 aliphatic rings. The van der Waals surface area contributed by atoms with E-state index in [9.17, 15) is 0 Å². The van der Waals surface area contributed by atoms with Gasteiger partial charge in [0.05, 0.1) is 0 Å². The van der Waals surface area contributed by atoms with Crippen molar-refractivity contribution >= 4 is 6.01 Å². The van der Waals surface area contributed by atoms with Crippen LogP contribution in [0.5, 0.6) is 0 Å². The van der Waals surface area contributed by atoms with Gasteiger partial charge < -0.3 is 14.3 Å². The summed E-state index contributed by atoms with van der Waals surface area (Å²) < 4.78 is 4.87. The van der Waals surface area contributed by atoms with Crippen molar-refractivity contribution < 1.29 is 4.52 Å². The first-order chi connectivity index (χ1) is 5.70. The van der Waals surface area contributed by atoms with Gasteiger partial charge in [0.1, 0.15) is 0 Å². The maximum Gasteiger partial charge on any atom is 0.323 e. The number of nitrogens with zero attached hydrogens (tertiary/aromatic N) is 4. The predicted octanol–water partition coefficient (Wildman–Crippen LogP) is 0.0674. The van der Waals surface area contributed by atoms with Gasteiger partial charge in [-0.2, -0.15) is 4.98 Å². The van der Waals surface area contributed by atoms with Crippen molar-refractivity contribution in [3.05, 3.63) is 6.33 Å². The number of aromatic nitrogens is 2. The average Bonchev–Trinajstić information content (AvgIpc) is 2.51. The van der Waals surface area contributed by atoms with Crippen molar-refractivity contribution in [1.82, 2.24) is 15.0 Å². The van der Waals surface area contributed by atoms with Gasteiger partial charge in [0.2, 0.25) is 0 Å². The summed E-state index contributed by atoms with van der Waals surface area (Å²) in [4.78, 5) is 7.95. The lowest BCUT2D eigenvalue weighted by Crippen LogP contribution is -2.28. The molecular weight excluding hydrogens is 156 g/mol. The predicted molar refractivity (Wildman–Crippen MR) is 46.1 cm³/mol. The van der Waals surface area contributed by atoms with E-state index in [1.807, 2.05) is 26.0 Å². The standard InChI is InChI=1S/C7H14N4O/c1-10(2)4-5-11(3)7-8-6-9-12-7/h6H,4-5H2,1-3H3. The van der Waals surface area contributed by atoms with E-state index in [4.69, 9.17) is 4.52 Å². The van der Waals surface area contributed by atoms with E-state index in [1.54, 1.807) is 0 Å². The highest BCUT2D eigenvalue weighted by Crippen LogP contribution is 2.03. The zero-order valence-corrected chi connectivity index (χ0v) is 7.69. The largest absolute Gasteiger partial charge is 0.326 e. The first-order valence-corrected chi connectivity index (χ1v) is 3.82. The molecule has 0 bridgehead atoms. The summed E-state index contributed by atoms with van der Waals surface area (Å²) in [6, 6.07) is 0.567. The summed E-state index contributed by atoms with van der Waals surface area (Å²) in [5.74, 6) is 0. The molecule has 0 saturated carbocycles. The van der Waals surface area contributed by atoms with Crippen LogP contribution < -0.4 is 4.90 Å². The van der Waals surface area contributed by atoms with E-state index in [0.29, 0.717) is 6.01 Å². The molecule has 0 aliphatic carbocycles. The van der Waals surface area contributed by atoms with Crippen molar-refractivity contribution in [2.24, 2.45) is 0 Å². The van der Waals surface area contributed by atoms with Crippen LogP contribution >= 0.6 is 0 Å². The molecule has 0 spiro atoms. The van der Waals surface area contributed by atoms with Crippen molar-refractivity contribution in [2.45, 2.75) is 0 Å². The van der Waals surface area contributed by atoms with Crippen molar-refractivity contribution in [3.8, 4) is 0 Å². The normalized spacial score (nSPS) is 10.7. The Balaban J connectivity index is 2.34. The van der Waals surface area contributed by atoms with Crippen LogP contribution in [0.3, 0.4) is 0 Å². The van der Waals surface area contributed by atoms with Crippen LogP contribution in [0.4, 0.5) is 6.01 Å². The van der Waals surface area contributed by atoms with Gasteiger partial charge in [0.25, 0.3) is 0 Å². The van der Waals surface area contributed by atoms with Crippen molar-refractivity contribution in [2.75, 3.05) is 39.1 Å². The van der Waals surface area contributed by atoms with E-state index in [0.717, 1.165) is 13.1 Å². The average molecular weight is 170 g/mol. The zero-order valence-electron chi connectivity index (χ0n) is 7.69. The van der Waals surface area contributed by atoms with Gasteiger partial charge in [0, 0.05) is 20.1 Å². The molecule has 0 N–H and O–H groups in total. The van der Waals surface area contributed by atoms with Crippen LogP contribution in [0.2, 0.25) is 0 Å². The summed E-state index contributed by atoms with van der Waals surface area (Å²) in [6.07, 6.45) is 1.40. The maximum atomic E-state index is 4.87. The van der Waals surface area contributed by atoms with Crippen LogP contribution in [0.1, 0.15) is 0 Å². The fourth-order valence-corrected chi connectivity index (χ4v) is 0.781. The minimum Gasteiger partial charge on any atom is -0.326 e. The first-order valence-electron chi connectivity index (χ1n) is 3.82. The summed E-state index contributed by atoms with van der Waals surface area (Å²) in [7, 11) is 5.99. The van der Waals surface area contributed by atoms with Gasteiger partial charge in [-0.3, -0.25) is 0 Å². The highest BCUT2D eigenvalue weighted by Gasteiger charge is 2.05. The van der Waals surface area contributed by atoms with Crippen LogP contribution in [0.15, 0.2) is 10.9 Å². The monoisotopic (exact) mass is 170 g/mol. The van der Waals surface area contributed by atoms with Crippen LogP contribution in [-0.2, 0) is 0 Å². The van der Waals surface area contributed by atoms with Crippen LogP contribution in [-0.4, -0.2) is 49.3 Å². The van der Waals surface area contributed by atoms with Gasteiger partial charge in [-0.15, -0.1) is 0 Å². The molecule has 0 saturated heterocycles. The quantitative estimate of drug-likeness (QED) is 0.639. The third-order valence-electron chi connectivity index (χ3n) is 1.56. The number of likely N-dealkylation sites (N-methyl/N-ethyl adjacent to an activating group) is 2. The van der Waals surface area contributed by atoms with Crippen molar-refractivity contribution in [1.29, 1.82) is 0 Å². The second-order valence-electron chi connectivity index (χ2n) is 2.95. The van der Waals surface area contributed by atoms with Gasteiger partial charge in [-0.25, -0.2) is 0 Å². The maximum absolute atomic E-state index is 4.87. The fraction of sp³-hybridized carbons (Fsp3) is 0.714. The molecule has 0 fully saturated rings. The molecule has 1 aromatic heterocycles. The van der Waals surface area contributed by atoms with Gasteiger partial charge in [0.15, 0.2) is 6.33 Å². The molecule has 0 aliphatic heterocycles. The molecule has 0 radical (unpaired) electrons. The lowest BCUT2D eigenvalue weighted by atomic mass is 10.5. The molecule has 0 aromatic carbocycles. The summed E-state index contributed by atoms with van der Waals surface area (Å²) in [5, 5.41) is 3.53. The molecule has 0 unspecified atom stereocenters. The summed E-state index contributed by atoms with van der Waals surface area (Å²) in [6.45, 7) is 1.86. The Morgan fingerprint density at radius 1 is 1.33 bits per heavy atom. The molecule has 1 heterocycles. The zero-order chi connectivity index (χ0) is 8.97. The van der Waals surface area contributed by atoms with Crippen LogP contribution in [0, 0.1) is 0 Å². The van der Waals surface area contributed by atoms with E-state index < -0.39 is 0 Å². The highest BCUT2D eigenvalue weighted by molar-refractivity contribution is 5.20. The molecule has 5 nitrogen and oxygen atoms in total. The Morgan fingerprint density at radius 3 is 2.58 bits per heavy atom. The van der Waals surface area contributed by atoms with Crippen LogP contribution in [0.25, 0.3) is 0 Å². The number of hydrogen-bond donors (Lipinski definition) is 0. The summed E-state index contributed by atoms with van der Waals surface area (Å²) >= 11 is 0. The molecule has 1 aromatic rings. The molecule has 1 rings (SSSR count). The van der Waals surface area contributed by atoms with Gasteiger partial charge >= 0.3 is 6.01 Å². The molecule has 0 atom stereocenters. The van der Waals surface area contributed by atoms with E-state index in [2.05, 4.69) is 15.0 Å². The minimum atomic E-state index is 0.567. The van der Waals surface area contributed by atoms with E-state index in [1.165, 1.54) is 6.33 Å². The first kappa shape index (κ1) is 8.99.